The van der Waals surface area contributed by atoms with Gasteiger partial charge in [-0.1, -0.05) is 0 Å². The van der Waals surface area contributed by atoms with Crippen LogP contribution in [-0.4, -0.2) is 50.4 Å². The van der Waals surface area contributed by atoms with Crippen LogP contribution in [0.2, 0.25) is 0 Å². The van der Waals surface area contributed by atoms with E-state index in [4.69, 9.17) is 0 Å². The van der Waals surface area contributed by atoms with Crippen LogP contribution < -0.4 is 10.6 Å². The summed E-state index contributed by atoms with van der Waals surface area (Å²) in [4.78, 5) is 0. The summed E-state index contributed by atoms with van der Waals surface area (Å²) in [6, 6.07) is -1.15. The van der Waals surface area contributed by atoms with Crippen molar-refractivity contribution in [1.29, 1.82) is 0 Å². The van der Waals surface area contributed by atoms with Crippen molar-refractivity contribution in [2.24, 2.45) is 0 Å². The minimum Gasteiger partial charge on any atom is -0.339 e. The standard InChI is InChI=1S/C8H11F5N2O2/c9-7(10)2-14-1-4(7)15-5-6(17-5)16-3-8(11,12)13/h4-6,14-15H,1-3H2. The molecule has 0 aromatic rings. The molecule has 0 aromatic heterocycles. The van der Waals surface area contributed by atoms with Crippen molar-refractivity contribution < 1.29 is 31.4 Å². The van der Waals surface area contributed by atoms with E-state index in [1.807, 2.05) is 0 Å². The number of hydrogen-bond acceptors (Lipinski definition) is 4. The molecule has 0 aromatic carbocycles. The van der Waals surface area contributed by atoms with Gasteiger partial charge in [0.05, 0.1) is 12.6 Å². The Morgan fingerprint density at radius 1 is 1.41 bits per heavy atom. The molecule has 2 saturated heterocycles. The molecular formula is C8H11F5N2O2. The minimum absolute atomic E-state index is 0.0405. The molecule has 4 nitrogen and oxygen atoms in total. The van der Waals surface area contributed by atoms with Gasteiger partial charge in [0, 0.05) is 6.54 Å². The maximum atomic E-state index is 13.1. The topological polar surface area (TPSA) is 45.8 Å². The summed E-state index contributed by atoms with van der Waals surface area (Å²) in [5.74, 6) is -2.93. The maximum absolute atomic E-state index is 13.1. The second-order valence-corrected chi connectivity index (χ2v) is 3.96. The molecule has 2 N–H and O–H groups in total. The van der Waals surface area contributed by atoms with Gasteiger partial charge in [0.15, 0.2) is 12.5 Å². The second kappa shape index (κ2) is 4.30. The summed E-state index contributed by atoms with van der Waals surface area (Å²) >= 11 is 0. The van der Waals surface area contributed by atoms with E-state index in [1.165, 1.54) is 0 Å². The van der Waals surface area contributed by atoms with Crippen LogP contribution in [0.25, 0.3) is 0 Å². The average molecular weight is 262 g/mol. The molecular weight excluding hydrogens is 251 g/mol. The van der Waals surface area contributed by atoms with E-state index in [0.29, 0.717) is 0 Å². The van der Waals surface area contributed by atoms with Gasteiger partial charge in [-0.3, -0.25) is 5.32 Å². The molecule has 2 heterocycles. The minimum atomic E-state index is -4.45. The lowest BCUT2D eigenvalue weighted by Gasteiger charge is -2.17. The first kappa shape index (κ1) is 12.9. The number of alkyl halides is 5. The van der Waals surface area contributed by atoms with Gasteiger partial charge in [0.25, 0.3) is 5.92 Å². The predicted molar refractivity (Wildman–Crippen MR) is 45.4 cm³/mol. The summed E-state index contributed by atoms with van der Waals surface area (Å²) < 4.78 is 70.5. The molecule has 0 spiro atoms. The van der Waals surface area contributed by atoms with E-state index in [9.17, 15) is 22.0 Å². The van der Waals surface area contributed by atoms with Gasteiger partial charge in [-0.05, 0) is 0 Å². The monoisotopic (exact) mass is 262 g/mol. The molecule has 3 atom stereocenters. The molecule has 0 bridgehead atoms. The molecule has 100 valence electrons. The number of hydrogen-bond donors (Lipinski definition) is 2. The first-order valence-electron chi connectivity index (χ1n) is 4.96. The molecule has 17 heavy (non-hydrogen) atoms. The summed E-state index contributed by atoms with van der Waals surface area (Å²) in [7, 11) is 0. The van der Waals surface area contributed by atoms with E-state index >= 15 is 0 Å². The smallest absolute Gasteiger partial charge is 0.339 e. The Bertz CT molecular complexity index is 286. The Morgan fingerprint density at radius 2 is 2.12 bits per heavy atom. The van der Waals surface area contributed by atoms with Crippen LogP contribution >= 0.6 is 0 Å². The van der Waals surface area contributed by atoms with E-state index in [1.54, 1.807) is 0 Å². The molecule has 0 aliphatic carbocycles. The van der Waals surface area contributed by atoms with Crippen molar-refractivity contribution >= 4 is 0 Å². The molecule has 3 unspecified atom stereocenters. The van der Waals surface area contributed by atoms with Crippen LogP contribution in [0.5, 0.6) is 0 Å². The highest BCUT2D eigenvalue weighted by atomic mass is 19.4. The van der Waals surface area contributed by atoms with E-state index in [2.05, 4.69) is 20.1 Å². The van der Waals surface area contributed by atoms with Crippen LogP contribution in [0.4, 0.5) is 22.0 Å². The van der Waals surface area contributed by atoms with Gasteiger partial charge >= 0.3 is 6.18 Å². The number of nitrogens with one attached hydrogen (secondary N) is 2. The van der Waals surface area contributed by atoms with Crippen LogP contribution in [-0.2, 0) is 9.47 Å². The number of rotatable bonds is 4. The van der Waals surface area contributed by atoms with E-state index < -0.39 is 43.8 Å². The molecule has 0 saturated carbocycles. The highest BCUT2D eigenvalue weighted by Gasteiger charge is 2.50. The second-order valence-electron chi connectivity index (χ2n) is 3.96. The lowest BCUT2D eigenvalue weighted by Crippen LogP contribution is -2.45. The summed E-state index contributed by atoms with van der Waals surface area (Å²) in [6.07, 6.45) is -6.45. The molecule has 0 amide bonds. The van der Waals surface area contributed by atoms with Crippen molar-refractivity contribution in [3.63, 3.8) is 0 Å². The summed E-state index contributed by atoms with van der Waals surface area (Å²) in [5.41, 5.74) is 0. The Hall–Kier alpha value is -0.510. The lowest BCUT2D eigenvalue weighted by molar-refractivity contribution is -0.184. The fraction of sp³-hybridized carbons (Fsp3) is 1.00. The summed E-state index contributed by atoms with van der Waals surface area (Å²) in [5, 5.41) is 4.88. The van der Waals surface area contributed by atoms with Crippen LogP contribution in [0.3, 0.4) is 0 Å². The van der Waals surface area contributed by atoms with Crippen molar-refractivity contribution in [3.8, 4) is 0 Å². The third kappa shape index (κ3) is 3.47. The van der Waals surface area contributed by atoms with Gasteiger partial charge < -0.3 is 14.8 Å². The largest absolute Gasteiger partial charge is 0.411 e. The first-order valence-corrected chi connectivity index (χ1v) is 4.96. The number of ether oxygens (including phenoxy) is 2. The zero-order valence-electron chi connectivity index (χ0n) is 8.56. The zero-order chi connectivity index (χ0) is 12.7. The average Bonchev–Trinajstić information content (AvgIpc) is 2.82. The highest BCUT2D eigenvalue weighted by Crippen LogP contribution is 2.28. The Balaban J connectivity index is 1.70. The SMILES string of the molecule is FC(F)(F)COC1OC1NC1CNCC1(F)F. The molecule has 2 rings (SSSR count). The fourth-order valence-electron chi connectivity index (χ4n) is 1.56. The number of epoxide rings is 1. The lowest BCUT2D eigenvalue weighted by atomic mass is 10.2. The molecule has 2 fully saturated rings. The molecule has 2 aliphatic heterocycles. The quantitative estimate of drug-likeness (QED) is 0.570. The van der Waals surface area contributed by atoms with Crippen molar-refractivity contribution in [2.45, 2.75) is 30.7 Å². The van der Waals surface area contributed by atoms with Crippen LogP contribution in [0.15, 0.2) is 0 Å². The van der Waals surface area contributed by atoms with E-state index in [0.717, 1.165) is 0 Å². The van der Waals surface area contributed by atoms with Crippen molar-refractivity contribution in [2.75, 3.05) is 19.7 Å². The third-order valence-electron chi connectivity index (χ3n) is 2.45. The van der Waals surface area contributed by atoms with Gasteiger partial charge in [-0.15, -0.1) is 0 Å². The highest BCUT2D eigenvalue weighted by molar-refractivity contribution is 4.96. The Kier molecular flexibility index (Phi) is 3.27. The van der Waals surface area contributed by atoms with Gasteiger partial charge in [-0.2, -0.15) is 13.2 Å². The molecule has 9 heteroatoms. The zero-order valence-corrected chi connectivity index (χ0v) is 8.56. The van der Waals surface area contributed by atoms with Crippen molar-refractivity contribution in [1.82, 2.24) is 10.6 Å². The first-order chi connectivity index (χ1) is 7.78. The van der Waals surface area contributed by atoms with Crippen LogP contribution in [0, 0.1) is 0 Å². The van der Waals surface area contributed by atoms with Gasteiger partial charge in [-0.25, -0.2) is 8.78 Å². The fourth-order valence-corrected chi connectivity index (χ4v) is 1.56. The molecule has 0 radical (unpaired) electrons. The Morgan fingerprint density at radius 3 is 2.65 bits per heavy atom. The third-order valence-corrected chi connectivity index (χ3v) is 2.45. The number of halogens is 5. The van der Waals surface area contributed by atoms with Gasteiger partial charge in [0.2, 0.25) is 0 Å². The normalized spacial score (nSPS) is 36.2. The van der Waals surface area contributed by atoms with Gasteiger partial charge in [0.1, 0.15) is 6.61 Å². The van der Waals surface area contributed by atoms with Crippen molar-refractivity contribution in [3.05, 3.63) is 0 Å². The van der Waals surface area contributed by atoms with Crippen LogP contribution in [0.1, 0.15) is 0 Å². The molecule has 2 aliphatic rings. The Labute approximate surface area is 93.4 Å². The predicted octanol–water partition coefficient (Wildman–Crippen LogP) is 0.444. The summed E-state index contributed by atoms with van der Waals surface area (Å²) in [6.45, 7) is -1.86. The maximum Gasteiger partial charge on any atom is 0.411 e. The van der Waals surface area contributed by atoms with E-state index in [-0.39, 0.29) is 6.54 Å².